The first kappa shape index (κ1) is 21.4. The summed E-state index contributed by atoms with van der Waals surface area (Å²) in [5, 5.41) is 2.49. The molecule has 0 aliphatic heterocycles. The Kier molecular flexibility index (Phi) is 7.95. The largest absolute Gasteiger partial charge is 0.484 e. The van der Waals surface area contributed by atoms with Crippen LogP contribution in [-0.2, 0) is 4.79 Å². The zero-order chi connectivity index (χ0) is 20.5. The molecule has 7 heteroatoms. The molecule has 0 saturated carbocycles. The maximum absolute atomic E-state index is 12.0. The van der Waals surface area contributed by atoms with Crippen LogP contribution in [0.4, 0.5) is 0 Å². The van der Waals surface area contributed by atoms with E-state index in [1.807, 2.05) is 43.3 Å². The summed E-state index contributed by atoms with van der Waals surface area (Å²) in [6.07, 6.45) is 1.06. The minimum absolute atomic E-state index is 0.00293. The van der Waals surface area contributed by atoms with Gasteiger partial charge in [-0.2, -0.15) is 0 Å². The molecule has 1 atom stereocenters. The van der Waals surface area contributed by atoms with Crippen molar-refractivity contribution in [3.05, 3.63) is 65.2 Å². The van der Waals surface area contributed by atoms with E-state index >= 15 is 0 Å². The monoisotopic (exact) mass is 399 g/mol. The minimum atomic E-state index is -0.419. The summed E-state index contributed by atoms with van der Waals surface area (Å²) >= 11 is 5.00. The molecule has 2 rings (SSSR count). The number of thiocarbonyl (C=S) groups is 1. The van der Waals surface area contributed by atoms with Crippen LogP contribution in [0.15, 0.2) is 48.5 Å². The van der Waals surface area contributed by atoms with Gasteiger partial charge in [-0.3, -0.25) is 25.8 Å². The second kappa shape index (κ2) is 10.4. The SMILES string of the molecule is CCC(C)c1ccc(OCC(=O)NNC(=S)NC(=O)c2ccc(C)cc2)cc1. The van der Waals surface area contributed by atoms with Gasteiger partial charge in [-0.05, 0) is 61.3 Å². The lowest BCUT2D eigenvalue weighted by atomic mass is 9.99. The molecule has 0 spiro atoms. The fourth-order valence-corrected chi connectivity index (χ4v) is 2.49. The van der Waals surface area contributed by atoms with Crippen LogP contribution in [0.3, 0.4) is 0 Å². The molecule has 0 radical (unpaired) electrons. The zero-order valence-electron chi connectivity index (χ0n) is 16.2. The fourth-order valence-electron chi connectivity index (χ4n) is 2.35. The lowest BCUT2D eigenvalue weighted by molar-refractivity contribution is -0.123. The number of carbonyl (C=O) groups is 2. The van der Waals surface area contributed by atoms with E-state index < -0.39 is 5.91 Å². The van der Waals surface area contributed by atoms with Crippen LogP contribution < -0.4 is 20.9 Å². The van der Waals surface area contributed by atoms with Gasteiger partial charge in [0.2, 0.25) is 0 Å². The van der Waals surface area contributed by atoms with Crippen molar-refractivity contribution in [2.75, 3.05) is 6.61 Å². The third kappa shape index (κ3) is 6.66. The van der Waals surface area contributed by atoms with E-state index in [0.717, 1.165) is 12.0 Å². The van der Waals surface area contributed by atoms with E-state index in [9.17, 15) is 9.59 Å². The smallest absolute Gasteiger partial charge is 0.276 e. The zero-order valence-corrected chi connectivity index (χ0v) is 17.1. The number of amides is 2. The Balaban J connectivity index is 1.72. The van der Waals surface area contributed by atoms with Crippen molar-refractivity contribution in [2.24, 2.45) is 0 Å². The Morgan fingerprint density at radius 2 is 1.68 bits per heavy atom. The summed E-state index contributed by atoms with van der Waals surface area (Å²) < 4.78 is 5.45. The van der Waals surface area contributed by atoms with Crippen molar-refractivity contribution in [2.45, 2.75) is 33.1 Å². The van der Waals surface area contributed by atoms with Gasteiger partial charge in [-0.1, -0.05) is 43.7 Å². The maximum atomic E-state index is 12.0. The van der Waals surface area contributed by atoms with Crippen LogP contribution in [0, 0.1) is 6.92 Å². The summed E-state index contributed by atoms with van der Waals surface area (Å²) in [5.41, 5.74) is 7.63. The predicted octanol–water partition coefficient (Wildman–Crippen LogP) is 3.22. The molecule has 0 fully saturated rings. The van der Waals surface area contributed by atoms with E-state index in [2.05, 4.69) is 30.0 Å². The summed E-state index contributed by atoms with van der Waals surface area (Å²) in [6, 6.07) is 14.7. The van der Waals surface area contributed by atoms with E-state index in [1.54, 1.807) is 12.1 Å². The van der Waals surface area contributed by atoms with Gasteiger partial charge in [0, 0.05) is 5.56 Å². The van der Waals surface area contributed by atoms with Crippen LogP contribution in [0.2, 0.25) is 0 Å². The maximum Gasteiger partial charge on any atom is 0.276 e. The molecule has 0 saturated heterocycles. The fraction of sp³-hybridized carbons (Fsp3) is 0.286. The van der Waals surface area contributed by atoms with Crippen molar-refractivity contribution in [3.8, 4) is 5.75 Å². The molecule has 0 aliphatic carbocycles. The number of benzene rings is 2. The lowest BCUT2D eigenvalue weighted by Crippen LogP contribution is -2.49. The van der Waals surface area contributed by atoms with Crippen molar-refractivity contribution in [1.29, 1.82) is 0 Å². The molecule has 3 N–H and O–H groups in total. The molecular weight excluding hydrogens is 374 g/mol. The van der Waals surface area contributed by atoms with Gasteiger partial charge in [-0.15, -0.1) is 0 Å². The van der Waals surface area contributed by atoms with Crippen molar-refractivity contribution < 1.29 is 14.3 Å². The number of aryl methyl sites for hydroxylation is 1. The molecule has 0 aromatic heterocycles. The molecule has 2 aromatic rings. The first-order valence-corrected chi connectivity index (χ1v) is 9.49. The number of hydrazine groups is 1. The number of hydrogen-bond acceptors (Lipinski definition) is 4. The Labute approximate surface area is 170 Å². The molecule has 6 nitrogen and oxygen atoms in total. The average molecular weight is 400 g/mol. The van der Waals surface area contributed by atoms with Gasteiger partial charge in [0.05, 0.1) is 0 Å². The van der Waals surface area contributed by atoms with E-state index in [1.165, 1.54) is 5.56 Å². The highest BCUT2D eigenvalue weighted by molar-refractivity contribution is 7.80. The summed E-state index contributed by atoms with van der Waals surface area (Å²) in [5.74, 6) is 0.317. The van der Waals surface area contributed by atoms with Crippen LogP contribution in [0.5, 0.6) is 5.75 Å². The Morgan fingerprint density at radius 3 is 2.29 bits per heavy atom. The van der Waals surface area contributed by atoms with Crippen LogP contribution >= 0.6 is 12.2 Å². The molecule has 2 aromatic carbocycles. The molecule has 0 aliphatic rings. The molecule has 1 unspecified atom stereocenters. The minimum Gasteiger partial charge on any atom is -0.484 e. The average Bonchev–Trinajstić information content (AvgIpc) is 2.71. The number of nitrogens with one attached hydrogen (secondary N) is 3. The molecule has 2 amide bonds. The van der Waals surface area contributed by atoms with Gasteiger partial charge < -0.3 is 4.74 Å². The number of carbonyl (C=O) groups excluding carboxylic acids is 2. The van der Waals surface area contributed by atoms with E-state index in [4.69, 9.17) is 17.0 Å². The van der Waals surface area contributed by atoms with E-state index in [-0.39, 0.29) is 17.6 Å². The summed E-state index contributed by atoms with van der Waals surface area (Å²) in [6.45, 7) is 6.06. The van der Waals surface area contributed by atoms with Crippen LogP contribution in [-0.4, -0.2) is 23.5 Å². The predicted molar refractivity (Wildman–Crippen MR) is 113 cm³/mol. The molecule has 0 bridgehead atoms. The van der Waals surface area contributed by atoms with Crippen LogP contribution in [0.1, 0.15) is 47.7 Å². The first-order valence-electron chi connectivity index (χ1n) is 9.08. The number of ether oxygens (including phenoxy) is 1. The molecule has 0 heterocycles. The van der Waals surface area contributed by atoms with Gasteiger partial charge in [-0.25, -0.2) is 0 Å². The Morgan fingerprint density at radius 1 is 1.04 bits per heavy atom. The second-order valence-corrected chi connectivity index (χ2v) is 6.90. The highest BCUT2D eigenvalue weighted by atomic mass is 32.1. The number of rotatable bonds is 6. The lowest BCUT2D eigenvalue weighted by Gasteiger charge is -2.12. The first-order chi connectivity index (χ1) is 13.4. The third-order valence-corrected chi connectivity index (χ3v) is 4.49. The van der Waals surface area contributed by atoms with Crippen molar-refractivity contribution in [3.63, 3.8) is 0 Å². The summed E-state index contributed by atoms with van der Waals surface area (Å²) in [4.78, 5) is 23.9. The Bertz CT molecular complexity index is 820. The highest BCUT2D eigenvalue weighted by Gasteiger charge is 2.09. The Hall–Kier alpha value is -2.93. The quantitative estimate of drug-likeness (QED) is 0.513. The van der Waals surface area contributed by atoms with Gasteiger partial charge >= 0.3 is 0 Å². The van der Waals surface area contributed by atoms with Crippen LogP contribution in [0.25, 0.3) is 0 Å². The molecule has 28 heavy (non-hydrogen) atoms. The van der Waals surface area contributed by atoms with Crippen molar-refractivity contribution in [1.82, 2.24) is 16.2 Å². The van der Waals surface area contributed by atoms with Gasteiger partial charge in [0.15, 0.2) is 11.7 Å². The molecular formula is C21H25N3O3S. The third-order valence-electron chi connectivity index (χ3n) is 4.29. The number of hydrogen-bond donors (Lipinski definition) is 3. The second-order valence-electron chi connectivity index (χ2n) is 6.49. The standard InChI is InChI=1S/C21H25N3O3S/c1-4-15(3)16-9-11-18(12-10-16)27-13-19(25)23-24-21(28)22-20(26)17-7-5-14(2)6-8-17/h5-12,15H,4,13H2,1-3H3,(H,23,25)(H2,22,24,26,28). The summed E-state index contributed by atoms with van der Waals surface area (Å²) in [7, 11) is 0. The topological polar surface area (TPSA) is 79.5 Å². The van der Waals surface area contributed by atoms with Gasteiger partial charge in [0.1, 0.15) is 5.75 Å². The normalized spacial score (nSPS) is 11.2. The van der Waals surface area contributed by atoms with Crippen molar-refractivity contribution >= 4 is 29.1 Å². The molecule has 148 valence electrons. The highest BCUT2D eigenvalue weighted by Crippen LogP contribution is 2.21. The van der Waals surface area contributed by atoms with E-state index in [0.29, 0.717) is 17.2 Å². The van der Waals surface area contributed by atoms with Gasteiger partial charge in [0.25, 0.3) is 11.8 Å².